The van der Waals surface area contributed by atoms with Crippen molar-refractivity contribution in [3.05, 3.63) is 60.2 Å². The van der Waals surface area contributed by atoms with Crippen molar-refractivity contribution in [3.8, 4) is 5.75 Å². The highest BCUT2D eigenvalue weighted by Gasteiger charge is 2.26. The fourth-order valence-electron chi connectivity index (χ4n) is 4.50. The third kappa shape index (κ3) is 5.10. The summed E-state index contributed by atoms with van der Waals surface area (Å²) in [4.78, 5) is 19.3. The molecular weight excluding hydrogens is 362 g/mol. The van der Waals surface area contributed by atoms with E-state index < -0.39 is 0 Å². The second-order valence-electron chi connectivity index (χ2n) is 8.27. The Labute approximate surface area is 173 Å². The molecule has 2 fully saturated rings. The molecule has 0 aromatic heterocycles. The molecule has 5 nitrogen and oxygen atoms in total. The molecule has 2 aromatic rings. The van der Waals surface area contributed by atoms with Gasteiger partial charge in [0.1, 0.15) is 5.75 Å². The van der Waals surface area contributed by atoms with E-state index in [-0.39, 0.29) is 5.91 Å². The molecule has 0 aliphatic carbocycles. The normalized spacial score (nSPS) is 18.8. The quantitative estimate of drug-likeness (QED) is 0.848. The highest BCUT2D eigenvalue weighted by atomic mass is 16.3. The maximum absolute atomic E-state index is 12.8. The summed E-state index contributed by atoms with van der Waals surface area (Å²) < 4.78 is 0. The van der Waals surface area contributed by atoms with Crippen LogP contribution in [0.3, 0.4) is 0 Å². The first kappa shape index (κ1) is 19.8. The van der Waals surface area contributed by atoms with Crippen LogP contribution < -0.4 is 4.90 Å². The van der Waals surface area contributed by atoms with E-state index in [1.54, 1.807) is 6.07 Å². The van der Waals surface area contributed by atoms with Gasteiger partial charge in [-0.15, -0.1) is 0 Å². The lowest BCUT2D eigenvalue weighted by atomic mass is 9.90. The van der Waals surface area contributed by atoms with E-state index in [1.807, 2.05) is 18.2 Å². The van der Waals surface area contributed by atoms with Gasteiger partial charge >= 0.3 is 0 Å². The van der Waals surface area contributed by atoms with Crippen LogP contribution in [0, 0.1) is 5.92 Å². The predicted molar refractivity (Wildman–Crippen MR) is 116 cm³/mol. The highest BCUT2D eigenvalue weighted by Crippen LogP contribution is 2.27. The van der Waals surface area contributed by atoms with Crippen LogP contribution in [0.5, 0.6) is 5.75 Å². The van der Waals surface area contributed by atoms with Crippen LogP contribution in [0.1, 0.15) is 18.4 Å². The topological polar surface area (TPSA) is 47.0 Å². The van der Waals surface area contributed by atoms with Crippen LogP contribution in [-0.2, 0) is 11.2 Å². The molecule has 154 valence electrons. The van der Waals surface area contributed by atoms with Crippen LogP contribution in [0.15, 0.2) is 54.6 Å². The number of benzene rings is 2. The number of hydrogen-bond acceptors (Lipinski definition) is 4. The van der Waals surface area contributed by atoms with Gasteiger partial charge in [-0.3, -0.25) is 9.69 Å². The Hall–Kier alpha value is -2.53. The largest absolute Gasteiger partial charge is 0.506 e. The van der Waals surface area contributed by atoms with Gasteiger partial charge in [-0.05, 0) is 42.9 Å². The van der Waals surface area contributed by atoms with Gasteiger partial charge in [0.25, 0.3) is 0 Å². The summed E-state index contributed by atoms with van der Waals surface area (Å²) in [7, 11) is 0. The number of carbonyl (C=O) groups is 1. The summed E-state index contributed by atoms with van der Waals surface area (Å²) in [5.74, 6) is 1.28. The fourth-order valence-corrected chi connectivity index (χ4v) is 4.50. The van der Waals surface area contributed by atoms with Gasteiger partial charge in [0, 0.05) is 39.3 Å². The average Bonchev–Trinajstić information content (AvgIpc) is 2.76. The molecule has 0 radical (unpaired) electrons. The molecule has 0 spiro atoms. The van der Waals surface area contributed by atoms with Gasteiger partial charge in [0.05, 0.1) is 12.2 Å². The number of likely N-dealkylation sites (tertiary alicyclic amines) is 1. The number of hydrogen-bond donors (Lipinski definition) is 1. The monoisotopic (exact) mass is 393 g/mol. The molecule has 29 heavy (non-hydrogen) atoms. The molecule has 2 aromatic carbocycles. The summed E-state index contributed by atoms with van der Waals surface area (Å²) >= 11 is 0. The standard InChI is InChI=1S/C24H31N3O2/c28-23-9-5-4-8-22(23)26-16-14-25(15-17-26)19-24(29)27-12-10-21(11-13-27)18-20-6-2-1-3-7-20/h1-9,21,28H,10-19H2. The second-order valence-corrected chi connectivity index (χ2v) is 8.27. The average molecular weight is 394 g/mol. The number of nitrogens with zero attached hydrogens (tertiary/aromatic N) is 3. The van der Waals surface area contributed by atoms with Crippen molar-refractivity contribution in [1.29, 1.82) is 0 Å². The molecule has 5 heteroatoms. The van der Waals surface area contributed by atoms with Crippen molar-refractivity contribution >= 4 is 11.6 Å². The van der Waals surface area contributed by atoms with Crippen molar-refractivity contribution in [1.82, 2.24) is 9.80 Å². The minimum absolute atomic E-state index is 0.263. The van der Waals surface area contributed by atoms with Crippen molar-refractivity contribution < 1.29 is 9.90 Å². The van der Waals surface area contributed by atoms with Crippen LogP contribution in [0.2, 0.25) is 0 Å². The molecule has 2 aliphatic heterocycles. The smallest absolute Gasteiger partial charge is 0.236 e. The maximum Gasteiger partial charge on any atom is 0.236 e. The zero-order chi connectivity index (χ0) is 20.1. The first-order valence-corrected chi connectivity index (χ1v) is 10.8. The fraction of sp³-hybridized carbons (Fsp3) is 0.458. The van der Waals surface area contributed by atoms with E-state index in [4.69, 9.17) is 0 Å². The number of phenolic OH excluding ortho intramolecular Hbond substituents is 1. The lowest BCUT2D eigenvalue weighted by molar-refractivity contribution is -0.133. The highest BCUT2D eigenvalue weighted by molar-refractivity contribution is 5.78. The Bertz CT molecular complexity index is 795. The third-order valence-corrected chi connectivity index (χ3v) is 6.29. The van der Waals surface area contributed by atoms with Crippen molar-refractivity contribution in [2.24, 2.45) is 5.92 Å². The minimum atomic E-state index is 0.263. The lowest BCUT2D eigenvalue weighted by Crippen LogP contribution is -2.51. The maximum atomic E-state index is 12.8. The molecule has 4 rings (SSSR count). The van der Waals surface area contributed by atoms with Gasteiger partial charge in [-0.1, -0.05) is 42.5 Å². The molecular formula is C24H31N3O2. The molecule has 1 N–H and O–H groups in total. The first-order chi connectivity index (χ1) is 14.2. The van der Waals surface area contributed by atoms with Gasteiger partial charge in [-0.2, -0.15) is 0 Å². The molecule has 2 heterocycles. The van der Waals surface area contributed by atoms with Crippen molar-refractivity contribution in [2.45, 2.75) is 19.3 Å². The van der Waals surface area contributed by atoms with E-state index in [2.05, 4.69) is 45.0 Å². The Balaban J connectivity index is 1.20. The number of carbonyl (C=O) groups excluding carboxylic acids is 1. The zero-order valence-corrected chi connectivity index (χ0v) is 17.0. The molecule has 1 amide bonds. The van der Waals surface area contributed by atoms with Crippen LogP contribution in [-0.4, -0.2) is 66.6 Å². The zero-order valence-electron chi connectivity index (χ0n) is 17.0. The van der Waals surface area contributed by atoms with E-state index in [0.717, 1.165) is 64.2 Å². The number of phenols is 1. The number of anilines is 1. The molecule has 0 atom stereocenters. The number of rotatable bonds is 5. The van der Waals surface area contributed by atoms with Gasteiger partial charge in [0.2, 0.25) is 5.91 Å². The van der Waals surface area contributed by atoms with Gasteiger partial charge in [0.15, 0.2) is 0 Å². The van der Waals surface area contributed by atoms with Crippen LogP contribution in [0.4, 0.5) is 5.69 Å². The Morgan fingerprint density at radius 3 is 2.21 bits per heavy atom. The first-order valence-electron chi connectivity index (χ1n) is 10.8. The molecule has 2 saturated heterocycles. The third-order valence-electron chi connectivity index (χ3n) is 6.29. The minimum Gasteiger partial charge on any atom is -0.506 e. The number of amides is 1. The Morgan fingerprint density at radius 1 is 0.862 bits per heavy atom. The van der Waals surface area contributed by atoms with Crippen LogP contribution in [0.25, 0.3) is 0 Å². The lowest BCUT2D eigenvalue weighted by Gasteiger charge is -2.38. The number of piperidine rings is 1. The van der Waals surface area contributed by atoms with Crippen molar-refractivity contribution in [3.63, 3.8) is 0 Å². The molecule has 0 bridgehead atoms. The summed E-state index contributed by atoms with van der Waals surface area (Å²) in [5, 5.41) is 10.0. The number of para-hydroxylation sites is 2. The summed E-state index contributed by atoms with van der Waals surface area (Å²) in [6.07, 6.45) is 3.32. The second kappa shape index (κ2) is 9.31. The summed E-state index contributed by atoms with van der Waals surface area (Å²) in [6.45, 7) is 5.66. The molecule has 0 saturated carbocycles. The SMILES string of the molecule is O=C(CN1CCN(c2ccccc2O)CC1)N1CCC(Cc2ccccc2)CC1. The summed E-state index contributed by atoms with van der Waals surface area (Å²) in [5.41, 5.74) is 2.29. The Kier molecular flexibility index (Phi) is 6.35. The molecule has 0 unspecified atom stereocenters. The molecule has 2 aliphatic rings. The van der Waals surface area contributed by atoms with Crippen LogP contribution >= 0.6 is 0 Å². The van der Waals surface area contributed by atoms with E-state index >= 15 is 0 Å². The number of aromatic hydroxyl groups is 1. The van der Waals surface area contributed by atoms with E-state index in [9.17, 15) is 9.90 Å². The van der Waals surface area contributed by atoms with Gasteiger partial charge < -0.3 is 14.9 Å². The predicted octanol–water partition coefficient (Wildman–Crippen LogP) is 3.00. The van der Waals surface area contributed by atoms with Crippen molar-refractivity contribution in [2.75, 3.05) is 50.7 Å². The number of piperazine rings is 1. The Morgan fingerprint density at radius 2 is 1.52 bits per heavy atom. The van der Waals surface area contributed by atoms with E-state index in [0.29, 0.717) is 18.2 Å². The summed E-state index contributed by atoms with van der Waals surface area (Å²) in [6, 6.07) is 18.1. The van der Waals surface area contributed by atoms with E-state index in [1.165, 1.54) is 5.56 Å². The van der Waals surface area contributed by atoms with Gasteiger partial charge in [-0.25, -0.2) is 0 Å².